The van der Waals surface area contributed by atoms with Crippen LogP contribution in [-0.2, 0) is 0 Å². The van der Waals surface area contributed by atoms with Gasteiger partial charge in [0.2, 0.25) is 5.89 Å². The maximum Gasteiger partial charge on any atom is 0.404 e. The van der Waals surface area contributed by atoms with Gasteiger partial charge in [-0.05, 0) is 31.2 Å². The van der Waals surface area contributed by atoms with E-state index in [1.54, 1.807) is 18.4 Å². The molecule has 1 heterocycles. The average Bonchev–Trinajstić information content (AvgIpc) is 2.82. The van der Waals surface area contributed by atoms with Gasteiger partial charge in [-0.3, -0.25) is 0 Å². The molecule has 0 radical (unpaired) electrons. The Morgan fingerprint density at radius 3 is 2.74 bits per heavy atom. The van der Waals surface area contributed by atoms with Gasteiger partial charge in [0.05, 0.1) is 12.2 Å². The predicted molar refractivity (Wildman–Crippen MR) is 68.2 cm³/mol. The minimum Gasteiger partial charge on any atom is -0.492 e. The molecule has 0 atom stereocenters. The van der Waals surface area contributed by atoms with E-state index in [1.807, 2.05) is 19.1 Å². The molecule has 0 aliphatic rings. The highest BCUT2D eigenvalue weighted by Crippen LogP contribution is 2.21. The van der Waals surface area contributed by atoms with Gasteiger partial charge in [-0.25, -0.2) is 9.78 Å². The molecule has 0 fully saturated rings. The SMILES string of the molecule is Cc1coc(-c2ccc(OCCNC(=O)O)cc2)n1. The number of aryl methyl sites for hydroxylation is 1. The average molecular weight is 262 g/mol. The number of rotatable bonds is 5. The summed E-state index contributed by atoms with van der Waals surface area (Å²) in [6, 6.07) is 7.25. The summed E-state index contributed by atoms with van der Waals surface area (Å²) in [6.07, 6.45) is 0.537. The van der Waals surface area contributed by atoms with E-state index in [4.69, 9.17) is 14.3 Å². The highest BCUT2D eigenvalue weighted by Gasteiger charge is 2.04. The molecular weight excluding hydrogens is 248 g/mol. The summed E-state index contributed by atoms with van der Waals surface area (Å²) in [7, 11) is 0. The first-order chi connectivity index (χ1) is 9.15. The van der Waals surface area contributed by atoms with E-state index in [-0.39, 0.29) is 13.2 Å². The number of carbonyl (C=O) groups is 1. The number of hydrogen-bond donors (Lipinski definition) is 2. The quantitative estimate of drug-likeness (QED) is 0.807. The van der Waals surface area contributed by atoms with Crippen LogP contribution < -0.4 is 10.1 Å². The minimum atomic E-state index is -1.06. The minimum absolute atomic E-state index is 0.246. The van der Waals surface area contributed by atoms with Crippen molar-refractivity contribution in [2.24, 2.45) is 0 Å². The van der Waals surface area contributed by atoms with Crippen LogP contribution in [0.5, 0.6) is 5.75 Å². The van der Waals surface area contributed by atoms with Gasteiger partial charge in [0.1, 0.15) is 18.6 Å². The molecule has 1 aromatic heterocycles. The highest BCUT2D eigenvalue weighted by molar-refractivity contribution is 5.64. The standard InChI is InChI=1S/C13H14N2O4/c1-9-8-19-12(15-9)10-2-4-11(5-3-10)18-7-6-14-13(16)17/h2-5,8,14H,6-7H2,1H3,(H,16,17). The van der Waals surface area contributed by atoms with Crippen LogP contribution in [0.1, 0.15) is 5.69 Å². The van der Waals surface area contributed by atoms with Crippen LogP contribution in [0.4, 0.5) is 4.79 Å². The maximum atomic E-state index is 10.2. The Morgan fingerprint density at radius 1 is 1.42 bits per heavy atom. The number of nitrogens with one attached hydrogen (secondary N) is 1. The molecule has 100 valence electrons. The molecule has 19 heavy (non-hydrogen) atoms. The number of nitrogens with zero attached hydrogens (tertiary/aromatic N) is 1. The van der Waals surface area contributed by atoms with Gasteiger partial charge in [-0.2, -0.15) is 0 Å². The van der Waals surface area contributed by atoms with Crippen LogP contribution >= 0.6 is 0 Å². The fourth-order valence-corrected chi connectivity index (χ4v) is 1.51. The van der Waals surface area contributed by atoms with Crippen molar-refractivity contribution in [2.45, 2.75) is 6.92 Å². The Balaban J connectivity index is 1.90. The van der Waals surface area contributed by atoms with E-state index in [2.05, 4.69) is 10.3 Å². The van der Waals surface area contributed by atoms with Crippen LogP contribution in [0.15, 0.2) is 34.9 Å². The first-order valence-electron chi connectivity index (χ1n) is 5.77. The third-order valence-electron chi connectivity index (χ3n) is 2.37. The van der Waals surface area contributed by atoms with Gasteiger partial charge in [-0.1, -0.05) is 0 Å². The Bertz CT molecular complexity index is 548. The van der Waals surface area contributed by atoms with Crippen molar-refractivity contribution in [1.82, 2.24) is 10.3 Å². The number of oxazole rings is 1. The van der Waals surface area contributed by atoms with Crippen LogP contribution in [-0.4, -0.2) is 29.3 Å². The molecule has 2 rings (SSSR count). The number of hydrogen-bond acceptors (Lipinski definition) is 4. The van der Waals surface area contributed by atoms with E-state index in [9.17, 15) is 4.79 Å². The van der Waals surface area contributed by atoms with E-state index in [1.165, 1.54) is 0 Å². The van der Waals surface area contributed by atoms with Crippen LogP contribution in [0.3, 0.4) is 0 Å². The lowest BCUT2D eigenvalue weighted by Crippen LogP contribution is -2.26. The van der Waals surface area contributed by atoms with E-state index >= 15 is 0 Å². The van der Waals surface area contributed by atoms with Crippen molar-refractivity contribution in [2.75, 3.05) is 13.2 Å². The van der Waals surface area contributed by atoms with Crippen molar-refractivity contribution in [3.63, 3.8) is 0 Å². The Kier molecular flexibility index (Phi) is 4.02. The third-order valence-corrected chi connectivity index (χ3v) is 2.37. The van der Waals surface area contributed by atoms with Gasteiger partial charge in [0, 0.05) is 5.56 Å². The molecule has 0 aliphatic carbocycles. The van der Waals surface area contributed by atoms with Gasteiger partial charge in [0.25, 0.3) is 0 Å². The predicted octanol–water partition coefficient (Wildman–Crippen LogP) is 2.30. The summed E-state index contributed by atoms with van der Waals surface area (Å²) in [6.45, 7) is 2.39. The van der Waals surface area contributed by atoms with Crippen LogP contribution in [0.2, 0.25) is 0 Å². The summed E-state index contributed by atoms with van der Waals surface area (Å²) in [5.41, 5.74) is 1.69. The summed E-state index contributed by atoms with van der Waals surface area (Å²) >= 11 is 0. The smallest absolute Gasteiger partial charge is 0.404 e. The zero-order valence-electron chi connectivity index (χ0n) is 10.4. The summed E-state index contributed by atoms with van der Waals surface area (Å²) < 4.78 is 10.7. The van der Waals surface area contributed by atoms with Crippen molar-refractivity contribution in [1.29, 1.82) is 0 Å². The first kappa shape index (κ1) is 12.9. The van der Waals surface area contributed by atoms with Gasteiger partial charge < -0.3 is 19.6 Å². The highest BCUT2D eigenvalue weighted by atomic mass is 16.5. The second kappa shape index (κ2) is 5.90. The van der Waals surface area contributed by atoms with Gasteiger partial charge in [0.15, 0.2) is 0 Å². The molecule has 0 unspecified atom stereocenters. The first-order valence-corrected chi connectivity index (χ1v) is 5.77. The molecule has 2 aromatic rings. The van der Waals surface area contributed by atoms with E-state index in [0.29, 0.717) is 11.6 Å². The molecule has 1 aromatic carbocycles. The number of benzene rings is 1. The van der Waals surface area contributed by atoms with Crippen molar-refractivity contribution in [3.05, 3.63) is 36.2 Å². The van der Waals surface area contributed by atoms with Crippen molar-refractivity contribution in [3.8, 4) is 17.2 Å². The maximum absolute atomic E-state index is 10.2. The summed E-state index contributed by atoms with van der Waals surface area (Å²) in [5, 5.41) is 10.6. The van der Waals surface area contributed by atoms with Crippen LogP contribution in [0, 0.1) is 6.92 Å². The van der Waals surface area contributed by atoms with E-state index < -0.39 is 6.09 Å². The lowest BCUT2D eigenvalue weighted by atomic mass is 10.2. The topological polar surface area (TPSA) is 84.6 Å². The Morgan fingerprint density at radius 2 is 2.16 bits per heavy atom. The number of amides is 1. The third kappa shape index (κ3) is 3.74. The molecule has 2 N–H and O–H groups in total. The Hall–Kier alpha value is -2.50. The second-order valence-electron chi connectivity index (χ2n) is 3.90. The normalized spacial score (nSPS) is 10.2. The zero-order chi connectivity index (χ0) is 13.7. The molecule has 6 heteroatoms. The van der Waals surface area contributed by atoms with Crippen LogP contribution in [0.25, 0.3) is 11.5 Å². The monoisotopic (exact) mass is 262 g/mol. The second-order valence-corrected chi connectivity index (χ2v) is 3.90. The summed E-state index contributed by atoms with van der Waals surface area (Å²) in [5.74, 6) is 1.23. The molecule has 1 amide bonds. The fraction of sp³-hybridized carbons (Fsp3) is 0.231. The zero-order valence-corrected chi connectivity index (χ0v) is 10.4. The molecule has 0 aliphatic heterocycles. The molecule has 0 spiro atoms. The molecule has 0 bridgehead atoms. The summed E-state index contributed by atoms with van der Waals surface area (Å²) in [4.78, 5) is 14.5. The molecular formula is C13H14N2O4. The number of carboxylic acid groups (broad SMARTS) is 1. The molecule has 0 saturated carbocycles. The largest absolute Gasteiger partial charge is 0.492 e. The van der Waals surface area contributed by atoms with Gasteiger partial charge >= 0.3 is 6.09 Å². The lowest BCUT2D eigenvalue weighted by Gasteiger charge is -2.06. The molecule has 0 saturated heterocycles. The van der Waals surface area contributed by atoms with Gasteiger partial charge in [-0.15, -0.1) is 0 Å². The lowest BCUT2D eigenvalue weighted by molar-refractivity contribution is 0.191. The number of ether oxygens (including phenoxy) is 1. The van der Waals surface area contributed by atoms with Crippen molar-refractivity contribution < 1.29 is 19.1 Å². The van der Waals surface area contributed by atoms with E-state index in [0.717, 1.165) is 11.3 Å². The Labute approximate surface area is 110 Å². The van der Waals surface area contributed by atoms with Crippen molar-refractivity contribution >= 4 is 6.09 Å². The fourth-order valence-electron chi connectivity index (χ4n) is 1.51. The number of aromatic nitrogens is 1. The molecule has 6 nitrogen and oxygen atoms in total.